The molecule has 0 atom stereocenters. The van der Waals surface area contributed by atoms with Crippen LogP contribution in [0.15, 0.2) is 58.7 Å². The fourth-order valence-electron chi connectivity index (χ4n) is 3.12. The maximum Gasteiger partial charge on any atom is 0.268 e. The average molecular weight is 292 g/mol. The fourth-order valence-corrected chi connectivity index (χ4v) is 4.09. The molecule has 0 radical (unpaired) electrons. The molecule has 2 bridgehead atoms. The highest BCUT2D eigenvalue weighted by Gasteiger charge is 2.47. The number of hydrogen-bond acceptors (Lipinski definition) is 4. The number of thiazole rings is 1. The Hall–Kier alpha value is -2.53. The van der Waals surface area contributed by atoms with E-state index in [-0.39, 0.29) is 11.8 Å². The summed E-state index contributed by atoms with van der Waals surface area (Å²) in [5, 5.41) is 0.459. The van der Waals surface area contributed by atoms with Crippen LogP contribution < -0.4 is 4.90 Å². The lowest BCUT2D eigenvalue weighted by Gasteiger charge is -2.08. The van der Waals surface area contributed by atoms with E-state index >= 15 is 0 Å². The molecule has 2 aromatic rings. The summed E-state index contributed by atoms with van der Waals surface area (Å²) in [5.74, 6) is -0.466. The van der Waals surface area contributed by atoms with Gasteiger partial charge in [-0.25, -0.2) is 9.88 Å². The topological polar surface area (TPSA) is 50.3 Å². The zero-order valence-electron chi connectivity index (χ0n) is 10.8. The van der Waals surface area contributed by atoms with Crippen LogP contribution in [-0.4, -0.2) is 16.8 Å². The molecule has 2 heterocycles. The number of aromatic nitrogens is 1. The lowest BCUT2D eigenvalue weighted by molar-refractivity contribution is -0.119. The average Bonchev–Trinajstić information content (AvgIpc) is 3.21. The molecule has 1 fully saturated rings. The van der Waals surface area contributed by atoms with Crippen LogP contribution in [0.3, 0.4) is 0 Å². The highest BCUT2D eigenvalue weighted by Crippen LogP contribution is 2.46. The molecule has 21 heavy (non-hydrogen) atoms. The molecule has 5 heteroatoms. The van der Waals surface area contributed by atoms with Crippen molar-refractivity contribution in [3.63, 3.8) is 0 Å². The first-order valence-electron chi connectivity index (χ1n) is 6.63. The van der Waals surface area contributed by atoms with Crippen molar-refractivity contribution in [3.8, 4) is 0 Å². The molecule has 2 amide bonds. The van der Waals surface area contributed by atoms with E-state index < -0.39 is 0 Å². The first-order valence-corrected chi connectivity index (χ1v) is 7.45. The number of para-hydroxylation sites is 1. The van der Waals surface area contributed by atoms with Crippen molar-refractivity contribution in [2.45, 2.75) is 6.42 Å². The first kappa shape index (κ1) is 11.2. The summed E-state index contributed by atoms with van der Waals surface area (Å²) in [5.41, 5.74) is 3.89. The Morgan fingerprint density at radius 1 is 1.00 bits per heavy atom. The maximum atomic E-state index is 12.6. The van der Waals surface area contributed by atoms with Gasteiger partial charge in [0.15, 0.2) is 0 Å². The summed E-state index contributed by atoms with van der Waals surface area (Å²) in [6.07, 6.45) is 4.58. The highest BCUT2D eigenvalue weighted by atomic mass is 32.1. The highest BCUT2D eigenvalue weighted by molar-refractivity contribution is 7.22. The molecule has 1 aliphatic heterocycles. The van der Waals surface area contributed by atoms with Crippen molar-refractivity contribution in [1.82, 2.24) is 4.98 Å². The van der Waals surface area contributed by atoms with Gasteiger partial charge in [0.05, 0.1) is 21.4 Å². The van der Waals surface area contributed by atoms with Gasteiger partial charge in [-0.1, -0.05) is 35.6 Å². The van der Waals surface area contributed by atoms with E-state index in [9.17, 15) is 9.59 Å². The molecule has 5 rings (SSSR count). The minimum absolute atomic E-state index is 0.233. The van der Waals surface area contributed by atoms with Crippen LogP contribution in [-0.2, 0) is 9.59 Å². The molecule has 2 aliphatic carbocycles. The van der Waals surface area contributed by atoms with Crippen molar-refractivity contribution in [2.75, 3.05) is 4.90 Å². The summed E-state index contributed by atoms with van der Waals surface area (Å²) >= 11 is 1.37. The number of benzene rings is 1. The van der Waals surface area contributed by atoms with Crippen molar-refractivity contribution < 1.29 is 9.59 Å². The van der Waals surface area contributed by atoms with Crippen LogP contribution in [0.4, 0.5) is 5.13 Å². The normalized spacial score (nSPS) is 19.7. The Morgan fingerprint density at radius 3 is 2.33 bits per heavy atom. The van der Waals surface area contributed by atoms with Gasteiger partial charge in [0.2, 0.25) is 5.13 Å². The molecule has 0 spiro atoms. The molecule has 100 valence electrons. The van der Waals surface area contributed by atoms with Gasteiger partial charge in [0, 0.05) is 0 Å². The van der Waals surface area contributed by atoms with Crippen molar-refractivity contribution in [1.29, 1.82) is 0 Å². The number of fused-ring (bicyclic) bond motifs is 4. The molecule has 1 aromatic heterocycles. The zero-order chi connectivity index (χ0) is 14.1. The second-order valence-corrected chi connectivity index (χ2v) is 6.23. The van der Waals surface area contributed by atoms with Crippen LogP contribution in [0, 0.1) is 0 Å². The van der Waals surface area contributed by atoms with E-state index in [4.69, 9.17) is 0 Å². The molecule has 0 N–H and O–H groups in total. The summed E-state index contributed by atoms with van der Waals surface area (Å²) < 4.78 is 0.974. The van der Waals surface area contributed by atoms with Crippen LogP contribution in [0.5, 0.6) is 0 Å². The Morgan fingerprint density at radius 2 is 1.67 bits per heavy atom. The summed E-state index contributed by atoms with van der Waals surface area (Å²) in [6, 6.07) is 7.65. The molecule has 0 unspecified atom stereocenters. The quantitative estimate of drug-likeness (QED) is 0.759. The van der Waals surface area contributed by atoms with Crippen LogP contribution in [0.25, 0.3) is 10.2 Å². The van der Waals surface area contributed by atoms with Gasteiger partial charge in [0.25, 0.3) is 11.8 Å². The number of anilines is 1. The minimum atomic E-state index is -0.233. The predicted octanol–water partition coefficient (Wildman–Crippen LogP) is 2.74. The number of hydrogen-bond donors (Lipinski definition) is 0. The first-order chi connectivity index (χ1) is 10.2. The predicted molar refractivity (Wildman–Crippen MR) is 79.9 cm³/mol. The zero-order valence-corrected chi connectivity index (χ0v) is 11.6. The SMILES string of the molecule is O=C1C2=C3C=CC(=C2C(=O)N1c1nc2ccccc2s1)C3. The van der Waals surface area contributed by atoms with Gasteiger partial charge in [-0.15, -0.1) is 0 Å². The van der Waals surface area contributed by atoms with Gasteiger partial charge in [-0.2, -0.15) is 0 Å². The summed E-state index contributed by atoms with van der Waals surface area (Å²) in [6.45, 7) is 0. The van der Waals surface area contributed by atoms with Crippen molar-refractivity contribution in [3.05, 3.63) is 58.7 Å². The summed E-state index contributed by atoms with van der Waals surface area (Å²) in [7, 11) is 0. The number of carbonyl (C=O) groups is 2. The van der Waals surface area contributed by atoms with Gasteiger partial charge in [-0.3, -0.25) is 9.59 Å². The maximum absolute atomic E-state index is 12.6. The monoisotopic (exact) mass is 292 g/mol. The second kappa shape index (κ2) is 3.56. The van der Waals surface area contributed by atoms with Crippen molar-refractivity contribution >= 4 is 38.5 Å². The fraction of sp³-hybridized carbons (Fsp3) is 0.0625. The van der Waals surface area contributed by atoms with E-state index in [1.165, 1.54) is 16.2 Å². The lowest BCUT2D eigenvalue weighted by Crippen LogP contribution is -2.29. The Bertz CT molecular complexity index is 889. The van der Waals surface area contributed by atoms with Crippen LogP contribution in [0.2, 0.25) is 0 Å². The molecule has 1 aromatic carbocycles. The van der Waals surface area contributed by atoms with Gasteiger partial charge in [-0.05, 0) is 29.7 Å². The number of nitrogens with zero attached hydrogens (tertiary/aromatic N) is 2. The van der Waals surface area contributed by atoms with Crippen LogP contribution in [0.1, 0.15) is 6.42 Å². The van der Waals surface area contributed by atoms with Gasteiger partial charge < -0.3 is 0 Å². The second-order valence-electron chi connectivity index (χ2n) is 5.22. The third kappa shape index (κ3) is 1.27. The third-order valence-electron chi connectivity index (χ3n) is 4.07. The Balaban J connectivity index is 1.70. The Kier molecular flexibility index (Phi) is 1.89. The lowest BCUT2D eigenvalue weighted by atomic mass is 10.1. The van der Waals surface area contributed by atoms with E-state index in [1.54, 1.807) is 0 Å². The molecular formula is C16H8N2O2S. The van der Waals surface area contributed by atoms with E-state index in [0.717, 1.165) is 27.8 Å². The van der Waals surface area contributed by atoms with E-state index in [0.29, 0.717) is 16.3 Å². The number of allylic oxidation sites excluding steroid dienone is 4. The number of rotatable bonds is 1. The molecule has 3 aliphatic rings. The molecular weight excluding hydrogens is 284 g/mol. The molecule has 1 saturated heterocycles. The number of carbonyl (C=O) groups excluding carboxylic acids is 2. The van der Waals surface area contributed by atoms with Gasteiger partial charge in [0.1, 0.15) is 0 Å². The minimum Gasteiger partial charge on any atom is -0.268 e. The number of imide groups is 1. The van der Waals surface area contributed by atoms with Crippen LogP contribution >= 0.6 is 11.3 Å². The van der Waals surface area contributed by atoms with E-state index in [1.807, 2.05) is 36.4 Å². The molecule has 4 nitrogen and oxygen atoms in total. The number of amides is 2. The smallest absolute Gasteiger partial charge is 0.268 e. The summed E-state index contributed by atoms with van der Waals surface area (Å²) in [4.78, 5) is 30.9. The van der Waals surface area contributed by atoms with Gasteiger partial charge >= 0.3 is 0 Å². The standard InChI is InChI=1S/C16H8N2O2S/c19-14-12-8-5-6-9(7-8)13(12)15(20)18(14)16-17-10-3-1-2-4-11(10)21-16/h1-6H,7H2. The largest absolute Gasteiger partial charge is 0.268 e. The van der Waals surface area contributed by atoms with E-state index in [2.05, 4.69) is 4.98 Å². The van der Waals surface area contributed by atoms with Crippen molar-refractivity contribution in [2.24, 2.45) is 0 Å². The third-order valence-corrected chi connectivity index (χ3v) is 5.09. The molecule has 0 saturated carbocycles. The Labute approximate surface area is 123 Å².